The van der Waals surface area contributed by atoms with Crippen molar-refractivity contribution in [2.45, 2.75) is 6.92 Å². The third kappa shape index (κ3) is 2.37. The molecule has 6 aromatic rings. The van der Waals surface area contributed by atoms with Gasteiger partial charge in [-0.05, 0) is 42.1 Å². The first kappa shape index (κ1) is 16.6. The number of nitrogens with zero attached hydrogens (tertiary/aromatic N) is 4. The van der Waals surface area contributed by atoms with Crippen LogP contribution in [0.4, 0.5) is 0 Å². The Morgan fingerprint density at radius 3 is 2.90 bits per heavy atom. The molecule has 0 aliphatic carbocycles. The van der Waals surface area contributed by atoms with Gasteiger partial charge in [-0.2, -0.15) is 5.10 Å². The second-order valence-corrected chi connectivity index (χ2v) is 7.20. The third-order valence-electron chi connectivity index (χ3n) is 5.38. The fraction of sp³-hybridized carbons (Fsp3) is 0.0455. The highest BCUT2D eigenvalue weighted by atomic mass is 16.1. The van der Waals surface area contributed by atoms with Crippen LogP contribution in [0.2, 0.25) is 0 Å². The minimum atomic E-state index is -0.168. The van der Waals surface area contributed by atoms with Crippen molar-refractivity contribution in [3.05, 3.63) is 71.0 Å². The maximum atomic E-state index is 12.4. The summed E-state index contributed by atoms with van der Waals surface area (Å²) in [5, 5.41) is 9.64. The van der Waals surface area contributed by atoms with E-state index in [-0.39, 0.29) is 5.56 Å². The van der Waals surface area contributed by atoms with Crippen LogP contribution >= 0.6 is 0 Å². The summed E-state index contributed by atoms with van der Waals surface area (Å²) in [5.41, 5.74) is 5.63. The van der Waals surface area contributed by atoms with Gasteiger partial charge in [0.1, 0.15) is 11.2 Å². The molecule has 0 bridgehead atoms. The number of aryl methyl sites for hydroxylation is 1. The van der Waals surface area contributed by atoms with Gasteiger partial charge in [0.15, 0.2) is 11.5 Å². The van der Waals surface area contributed by atoms with Crippen molar-refractivity contribution < 1.29 is 0 Å². The molecule has 0 fully saturated rings. The second-order valence-electron chi connectivity index (χ2n) is 7.20. The van der Waals surface area contributed by atoms with Crippen molar-refractivity contribution in [3.63, 3.8) is 0 Å². The Morgan fingerprint density at radius 2 is 2.00 bits per heavy atom. The van der Waals surface area contributed by atoms with Crippen molar-refractivity contribution in [1.82, 2.24) is 35.1 Å². The SMILES string of the molecule is Cc1ccncc1-c1cnc2[nH]nc(-c3nc4c(ccc5cc[nH]c(=O)c54)[nH]3)c2c1. The summed E-state index contributed by atoms with van der Waals surface area (Å²) < 4.78 is 0. The monoisotopic (exact) mass is 393 g/mol. The van der Waals surface area contributed by atoms with Crippen LogP contribution in [0, 0.1) is 6.92 Å². The number of aromatic amines is 3. The molecule has 6 rings (SSSR count). The van der Waals surface area contributed by atoms with Gasteiger partial charge in [-0.15, -0.1) is 0 Å². The first-order valence-electron chi connectivity index (χ1n) is 9.44. The standard InChI is InChI=1S/C22H15N7O/c1-11-4-6-23-10-15(11)13-8-14-18(28-29-20(14)25-9-13)21-26-16-3-2-12-5-7-24-22(30)17(12)19(16)27-21/h2-10H,1H3,(H,24,30)(H,26,27)(H,25,28,29). The molecular formula is C22H15N7O. The molecule has 1 aromatic carbocycles. The quantitative estimate of drug-likeness (QED) is 0.415. The minimum absolute atomic E-state index is 0.168. The molecule has 0 saturated heterocycles. The van der Waals surface area contributed by atoms with Gasteiger partial charge < -0.3 is 9.97 Å². The van der Waals surface area contributed by atoms with E-state index in [0.29, 0.717) is 28.1 Å². The summed E-state index contributed by atoms with van der Waals surface area (Å²) in [6, 6.07) is 9.69. The number of H-pyrrole nitrogens is 3. The molecule has 0 aliphatic rings. The number of aromatic nitrogens is 7. The lowest BCUT2D eigenvalue weighted by molar-refractivity contribution is 1.09. The Morgan fingerprint density at radius 1 is 1.07 bits per heavy atom. The van der Waals surface area contributed by atoms with E-state index in [1.54, 1.807) is 18.6 Å². The van der Waals surface area contributed by atoms with Crippen LogP contribution in [0.1, 0.15) is 5.56 Å². The van der Waals surface area contributed by atoms with Gasteiger partial charge in [-0.1, -0.05) is 6.07 Å². The van der Waals surface area contributed by atoms with Crippen LogP contribution in [0.15, 0.2) is 59.9 Å². The van der Waals surface area contributed by atoms with Crippen LogP contribution in [0.25, 0.3) is 55.5 Å². The molecular weight excluding hydrogens is 378 g/mol. The van der Waals surface area contributed by atoms with Crippen LogP contribution in [0.3, 0.4) is 0 Å². The lowest BCUT2D eigenvalue weighted by Gasteiger charge is -2.04. The van der Waals surface area contributed by atoms with Crippen molar-refractivity contribution in [3.8, 4) is 22.6 Å². The smallest absolute Gasteiger partial charge is 0.258 e. The van der Waals surface area contributed by atoms with Gasteiger partial charge in [-0.3, -0.25) is 14.9 Å². The maximum absolute atomic E-state index is 12.4. The molecule has 3 N–H and O–H groups in total. The molecule has 0 spiro atoms. The molecule has 0 radical (unpaired) electrons. The van der Waals surface area contributed by atoms with E-state index in [0.717, 1.165) is 33.0 Å². The molecule has 5 heterocycles. The lowest BCUT2D eigenvalue weighted by atomic mass is 10.0. The summed E-state index contributed by atoms with van der Waals surface area (Å²) in [7, 11) is 0. The number of rotatable bonds is 2. The van der Waals surface area contributed by atoms with Crippen LogP contribution in [-0.4, -0.2) is 35.1 Å². The highest BCUT2D eigenvalue weighted by molar-refractivity contribution is 6.05. The molecule has 0 aliphatic heterocycles. The van der Waals surface area contributed by atoms with E-state index in [4.69, 9.17) is 4.98 Å². The van der Waals surface area contributed by atoms with E-state index in [9.17, 15) is 4.79 Å². The van der Waals surface area contributed by atoms with E-state index in [2.05, 4.69) is 30.1 Å². The highest BCUT2D eigenvalue weighted by Gasteiger charge is 2.16. The van der Waals surface area contributed by atoms with Crippen LogP contribution < -0.4 is 5.56 Å². The average Bonchev–Trinajstić information content (AvgIpc) is 3.37. The summed E-state index contributed by atoms with van der Waals surface area (Å²) in [4.78, 5) is 31.9. The van der Waals surface area contributed by atoms with Crippen molar-refractivity contribution in [1.29, 1.82) is 0 Å². The molecule has 8 heteroatoms. The Labute approximate surface area is 169 Å². The van der Waals surface area contributed by atoms with Gasteiger partial charge in [0.05, 0.1) is 16.3 Å². The minimum Gasteiger partial charge on any atom is -0.337 e. The van der Waals surface area contributed by atoms with Crippen molar-refractivity contribution in [2.24, 2.45) is 0 Å². The van der Waals surface area contributed by atoms with Gasteiger partial charge in [0.2, 0.25) is 0 Å². The zero-order valence-electron chi connectivity index (χ0n) is 15.9. The first-order valence-corrected chi connectivity index (χ1v) is 9.44. The van der Waals surface area contributed by atoms with Gasteiger partial charge in [0.25, 0.3) is 5.56 Å². The summed E-state index contributed by atoms with van der Waals surface area (Å²) in [6.07, 6.45) is 7.05. The Balaban J connectivity index is 1.59. The summed E-state index contributed by atoms with van der Waals surface area (Å²) in [5.74, 6) is 0.578. The third-order valence-corrected chi connectivity index (χ3v) is 5.38. The number of imidazole rings is 1. The average molecular weight is 393 g/mol. The Hall–Kier alpha value is -4.33. The number of hydrogen-bond donors (Lipinski definition) is 3. The molecule has 144 valence electrons. The molecule has 0 atom stereocenters. The maximum Gasteiger partial charge on any atom is 0.258 e. The summed E-state index contributed by atoms with van der Waals surface area (Å²) >= 11 is 0. The number of pyridine rings is 3. The molecule has 30 heavy (non-hydrogen) atoms. The topological polar surface area (TPSA) is 116 Å². The Bertz CT molecular complexity index is 1640. The van der Waals surface area contributed by atoms with Gasteiger partial charge >= 0.3 is 0 Å². The first-order chi connectivity index (χ1) is 14.7. The number of nitrogens with one attached hydrogen (secondary N) is 3. The van der Waals surface area contributed by atoms with E-state index in [1.165, 1.54) is 0 Å². The highest BCUT2D eigenvalue weighted by Crippen LogP contribution is 2.31. The van der Waals surface area contributed by atoms with Crippen LogP contribution in [-0.2, 0) is 0 Å². The number of fused-ring (bicyclic) bond motifs is 4. The van der Waals surface area contributed by atoms with Crippen molar-refractivity contribution in [2.75, 3.05) is 0 Å². The summed E-state index contributed by atoms with van der Waals surface area (Å²) in [6.45, 7) is 2.04. The van der Waals surface area contributed by atoms with Crippen LogP contribution in [0.5, 0.6) is 0 Å². The lowest BCUT2D eigenvalue weighted by Crippen LogP contribution is -2.04. The fourth-order valence-electron chi connectivity index (χ4n) is 3.86. The second kappa shape index (κ2) is 6.08. The molecule has 5 aromatic heterocycles. The zero-order chi connectivity index (χ0) is 20.2. The number of benzene rings is 1. The normalized spacial score (nSPS) is 11.6. The fourth-order valence-corrected chi connectivity index (χ4v) is 3.86. The van der Waals surface area contributed by atoms with Crippen molar-refractivity contribution >= 4 is 32.8 Å². The largest absolute Gasteiger partial charge is 0.337 e. The molecule has 8 nitrogen and oxygen atoms in total. The van der Waals surface area contributed by atoms with Gasteiger partial charge in [0, 0.05) is 35.9 Å². The number of hydrogen-bond acceptors (Lipinski definition) is 5. The Kier molecular flexibility index (Phi) is 3.37. The molecule has 0 amide bonds. The predicted molar refractivity (Wildman–Crippen MR) is 115 cm³/mol. The van der Waals surface area contributed by atoms with Gasteiger partial charge in [-0.25, -0.2) is 9.97 Å². The van der Waals surface area contributed by atoms with E-state index >= 15 is 0 Å². The molecule has 0 saturated carbocycles. The van der Waals surface area contributed by atoms with E-state index < -0.39 is 0 Å². The zero-order valence-corrected chi connectivity index (χ0v) is 15.9. The van der Waals surface area contributed by atoms with E-state index in [1.807, 2.05) is 43.5 Å². The molecule has 0 unspecified atom stereocenters. The predicted octanol–water partition coefficient (Wildman–Crippen LogP) is 3.71.